The highest BCUT2D eigenvalue weighted by atomic mass is 32.2. The highest BCUT2D eigenvalue weighted by molar-refractivity contribution is 7.90. The first-order valence-electron chi connectivity index (χ1n) is 11.9. The molecule has 0 N–H and O–H groups in total. The molecule has 0 unspecified atom stereocenters. The topological polar surface area (TPSA) is 72.9 Å². The van der Waals surface area contributed by atoms with Gasteiger partial charge in [0.05, 0.1) is 32.1 Å². The molecular formula is C26H37NO5S. The lowest BCUT2D eigenvalue weighted by atomic mass is 9.69. The zero-order valence-electron chi connectivity index (χ0n) is 20.3. The summed E-state index contributed by atoms with van der Waals surface area (Å²) in [6, 6.07) is 7.56. The minimum atomic E-state index is -3.56. The molecular weight excluding hydrogens is 438 g/mol. The van der Waals surface area contributed by atoms with Crippen molar-refractivity contribution in [2.24, 2.45) is 22.7 Å². The van der Waals surface area contributed by atoms with Crippen LogP contribution in [-0.2, 0) is 26.2 Å². The van der Waals surface area contributed by atoms with Gasteiger partial charge in [-0.25, -0.2) is 12.7 Å². The number of ether oxygens (including phenoxy) is 2. The molecule has 1 heterocycles. The molecule has 1 aromatic carbocycles. The average molecular weight is 476 g/mol. The lowest BCUT2D eigenvalue weighted by Gasteiger charge is -2.37. The molecule has 2 saturated carbocycles. The molecule has 3 aliphatic rings. The third kappa shape index (κ3) is 4.23. The van der Waals surface area contributed by atoms with Gasteiger partial charge in [-0.3, -0.25) is 4.79 Å². The van der Waals surface area contributed by atoms with Crippen LogP contribution in [0.15, 0.2) is 36.4 Å². The number of benzene rings is 1. The summed E-state index contributed by atoms with van der Waals surface area (Å²) in [6.45, 7) is 11.4. The number of nitrogens with zero attached hydrogens (tertiary/aromatic N) is 1. The van der Waals surface area contributed by atoms with Gasteiger partial charge in [-0.15, -0.1) is 0 Å². The fourth-order valence-electron chi connectivity index (χ4n) is 6.66. The first-order chi connectivity index (χ1) is 15.5. The highest BCUT2D eigenvalue weighted by Gasteiger charge is 2.72. The maximum Gasteiger partial charge on any atom is 0.238 e. The molecule has 7 heteroatoms. The van der Waals surface area contributed by atoms with Crippen LogP contribution in [0.3, 0.4) is 0 Å². The minimum absolute atomic E-state index is 0.00735. The van der Waals surface area contributed by atoms with Crippen molar-refractivity contribution in [3.63, 3.8) is 0 Å². The van der Waals surface area contributed by atoms with E-state index in [-0.39, 0.29) is 40.9 Å². The summed E-state index contributed by atoms with van der Waals surface area (Å²) in [7, 11) is -1.92. The zero-order valence-corrected chi connectivity index (χ0v) is 21.1. The molecule has 1 aromatic rings. The van der Waals surface area contributed by atoms with Crippen LogP contribution in [0.1, 0.15) is 58.4 Å². The Hall–Kier alpha value is -1.86. The molecule has 0 radical (unpaired) electrons. The number of rotatable bonds is 9. The van der Waals surface area contributed by atoms with Crippen molar-refractivity contribution in [1.29, 1.82) is 0 Å². The number of amides is 1. The van der Waals surface area contributed by atoms with E-state index in [1.54, 1.807) is 7.11 Å². The van der Waals surface area contributed by atoms with E-state index in [1.165, 1.54) is 4.31 Å². The largest absolute Gasteiger partial charge is 0.497 e. The second kappa shape index (κ2) is 8.73. The monoisotopic (exact) mass is 475 g/mol. The molecule has 2 aliphatic carbocycles. The predicted molar refractivity (Wildman–Crippen MR) is 128 cm³/mol. The highest BCUT2D eigenvalue weighted by Crippen LogP contribution is 2.70. The van der Waals surface area contributed by atoms with Crippen LogP contribution < -0.4 is 4.74 Å². The first kappa shape index (κ1) is 24.3. The Morgan fingerprint density at radius 1 is 1.24 bits per heavy atom. The Morgan fingerprint density at radius 2 is 1.94 bits per heavy atom. The molecule has 1 spiro atoms. The summed E-state index contributed by atoms with van der Waals surface area (Å²) in [5, 5.41) is 0. The lowest BCUT2D eigenvalue weighted by molar-refractivity contribution is -0.129. The summed E-state index contributed by atoms with van der Waals surface area (Å²) < 4.78 is 38.4. The molecule has 182 valence electrons. The second-order valence-corrected chi connectivity index (χ2v) is 12.8. The third-order valence-electron chi connectivity index (χ3n) is 8.55. The Morgan fingerprint density at radius 3 is 2.58 bits per heavy atom. The van der Waals surface area contributed by atoms with Gasteiger partial charge < -0.3 is 9.47 Å². The number of carbonyl (C=O) groups is 1. The molecule has 1 saturated heterocycles. The van der Waals surface area contributed by atoms with E-state index < -0.39 is 10.0 Å². The number of hydrogen-bond donors (Lipinski definition) is 0. The van der Waals surface area contributed by atoms with Gasteiger partial charge in [0.1, 0.15) is 5.75 Å². The second-order valence-electron chi connectivity index (χ2n) is 10.9. The molecule has 4 atom stereocenters. The van der Waals surface area contributed by atoms with Crippen molar-refractivity contribution < 1.29 is 22.7 Å². The van der Waals surface area contributed by atoms with Crippen molar-refractivity contribution in [3.05, 3.63) is 42.0 Å². The summed E-state index contributed by atoms with van der Waals surface area (Å²) in [5.74, 6) is 1.20. The molecule has 1 aliphatic heterocycles. The zero-order chi connectivity index (χ0) is 24.0. The summed E-state index contributed by atoms with van der Waals surface area (Å²) in [6.07, 6.45) is 3.66. The van der Waals surface area contributed by atoms with E-state index in [0.29, 0.717) is 25.6 Å². The Balaban J connectivity index is 1.29. The van der Waals surface area contributed by atoms with Crippen molar-refractivity contribution >= 4 is 15.9 Å². The van der Waals surface area contributed by atoms with Crippen LogP contribution in [0.4, 0.5) is 0 Å². The van der Waals surface area contributed by atoms with Gasteiger partial charge in [0.15, 0.2) is 0 Å². The lowest BCUT2D eigenvalue weighted by Crippen LogP contribution is -2.44. The van der Waals surface area contributed by atoms with Gasteiger partial charge in [-0.2, -0.15) is 0 Å². The van der Waals surface area contributed by atoms with Crippen LogP contribution in [0.5, 0.6) is 5.75 Å². The Bertz CT molecular complexity index is 1020. The SMILES string of the molecule is C=C(COCc1ccc(OC)cc1)C[C@H](C)CC(=O)N1[C@@H]2C[C@H]3CC[C@@]2(CS1(=O)=O)C3(C)C. The van der Waals surface area contributed by atoms with Crippen molar-refractivity contribution in [2.45, 2.75) is 65.5 Å². The smallest absolute Gasteiger partial charge is 0.238 e. The number of sulfonamides is 1. The van der Waals surface area contributed by atoms with Crippen molar-refractivity contribution in [1.82, 2.24) is 4.31 Å². The average Bonchev–Trinajstić information content (AvgIpc) is 3.21. The Kier molecular flexibility index (Phi) is 6.42. The van der Waals surface area contributed by atoms with Crippen LogP contribution in [0, 0.1) is 22.7 Å². The van der Waals surface area contributed by atoms with Gasteiger partial charge in [0.2, 0.25) is 15.9 Å². The molecule has 2 bridgehead atoms. The van der Waals surface area contributed by atoms with Gasteiger partial charge in [0.25, 0.3) is 0 Å². The van der Waals surface area contributed by atoms with E-state index in [9.17, 15) is 13.2 Å². The minimum Gasteiger partial charge on any atom is -0.497 e. The molecule has 1 amide bonds. The number of methoxy groups -OCH3 is 1. The first-order valence-corrected chi connectivity index (χ1v) is 13.5. The summed E-state index contributed by atoms with van der Waals surface area (Å²) in [5.41, 5.74) is 1.66. The molecule has 4 rings (SSSR count). The van der Waals surface area contributed by atoms with E-state index in [2.05, 4.69) is 20.4 Å². The van der Waals surface area contributed by atoms with Gasteiger partial charge >= 0.3 is 0 Å². The predicted octanol–water partition coefficient (Wildman–Crippen LogP) is 4.55. The molecule has 6 nitrogen and oxygen atoms in total. The maximum atomic E-state index is 13.2. The normalized spacial score (nSPS) is 29.6. The number of fused-ring (bicyclic) bond motifs is 1. The summed E-state index contributed by atoms with van der Waals surface area (Å²) >= 11 is 0. The fraction of sp³-hybridized carbons (Fsp3) is 0.654. The van der Waals surface area contributed by atoms with Crippen LogP contribution in [0.25, 0.3) is 0 Å². The Labute approximate surface area is 198 Å². The molecule has 3 fully saturated rings. The van der Waals surface area contributed by atoms with Gasteiger partial charge in [0, 0.05) is 11.8 Å². The van der Waals surface area contributed by atoms with Crippen molar-refractivity contribution in [2.75, 3.05) is 19.5 Å². The van der Waals surface area contributed by atoms with Crippen LogP contribution in [0.2, 0.25) is 0 Å². The fourth-order valence-corrected chi connectivity index (χ4v) is 9.22. The van der Waals surface area contributed by atoms with E-state index in [4.69, 9.17) is 9.47 Å². The van der Waals surface area contributed by atoms with Crippen molar-refractivity contribution in [3.8, 4) is 5.75 Å². The molecule has 0 aromatic heterocycles. The van der Waals surface area contributed by atoms with E-state index in [0.717, 1.165) is 36.1 Å². The number of hydrogen-bond acceptors (Lipinski definition) is 5. The van der Waals surface area contributed by atoms with Crippen LogP contribution in [-0.4, -0.2) is 44.1 Å². The van der Waals surface area contributed by atoms with Crippen LogP contribution >= 0.6 is 0 Å². The van der Waals surface area contributed by atoms with E-state index >= 15 is 0 Å². The quantitative estimate of drug-likeness (QED) is 0.490. The van der Waals surface area contributed by atoms with Gasteiger partial charge in [-0.1, -0.05) is 45.1 Å². The van der Waals surface area contributed by atoms with E-state index in [1.807, 2.05) is 31.2 Å². The number of carbonyl (C=O) groups excluding carboxylic acids is 1. The third-order valence-corrected chi connectivity index (χ3v) is 10.5. The molecule has 33 heavy (non-hydrogen) atoms. The van der Waals surface area contributed by atoms with Gasteiger partial charge in [-0.05, 0) is 60.6 Å². The maximum absolute atomic E-state index is 13.2. The summed E-state index contributed by atoms with van der Waals surface area (Å²) in [4.78, 5) is 13.2. The standard InChI is InChI=1S/C26H37NO5S/c1-18(12-19(2)15-32-16-20-6-8-22(31-5)9-7-20)13-24(28)27-23-14-21-10-11-26(23,25(21,3)4)17-33(27,29)30/h6-9,18,21,23H,2,10-17H2,1,3-5H3/t18-,21+,23+,26-/m0/s1.